The molecule has 0 aliphatic carbocycles. The monoisotopic (exact) mass is 290 g/mol. The number of nitrogens with zero attached hydrogens (tertiary/aromatic N) is 2. The van der Waals surface area contributed by atoms with Gasteiger partial charge in [0, 0.05) is 35.3 Å². The van der Waals surface area contributed by atoms with Gasteiger partial charge in [-0.1, -0.05) is 13.8 Å². The van der Waals surface area contributed by atoms with Crippen LogP contribution in [0.5, 0.6) is 0 Å². The highest BCUT2D eigenvalue weighted by Gasteiger charge is 2.12. The van der Waals surface area contributed by atoms with Gasteiger partial charge in [0.15, 0.2) is 0 Å². The Morgan fingerprint density at radius 1 is 1.50 bits per heavy atom. The number of anilines is 1. The van der Waals surface area contributed by atoms with Crippen molar-refractivity contribution < 1.29 is 4.79 Å². The molecule has 20 heavy (non-hydrogen) atoms. The molecule has 0 spiro atoms. The van der Waals surface area contributed by atoms with Crippen molar-refractivity contribution in [2.75, 3.05) is 12.3 Å². The van der Waals surface area contributed by atoms with Crippen LogP contribution in [0, 0.1) is 0 Å². The molecule has 1 unspecified atom stereocenters. The molecule has 0 bridgehead atoms. The summed E-state index contributed by atoms with van der Waals surface area (Å²) in [5, 5.41) is 5.87. The molecule has 106 valence electrons. The van der Waals surface area contributed by atoms with Gasteiger partial charge in [0.25, 0.3) is 5.91 Å². The molecule has 3 N–H and O–H groups in total. The van der Waals surface area contributed by atoms with Gasteiger partial charge in [0.05, 0.1) is 5.01 Å². The zero-order valence-electron chi connectivity index (χ0n) is 11.6. The van der Waals surface area contributed by atoms with E-state index in [0.29, 0.717) is 17.9 Å². The van der Waals surface area contributed by atoms with Gasteiger partial charge >= 0.3 is 0 Å². The molecule has 0 saturated carbocycles. The number of carbonyl (C=O) groups excluding carboxylic acids is 1. The molecule has 0 fully saturated rings. The highest BCUT2D eigenvalue weighted by molar-refractivity contribution is 7.09. The van der Waals surface area contributed by atoms with Crippen molar-refractivity contribution >= 4 is 23.1 Å². The van der Waals surface area contributed by atoms with Gasteiger partial charge in [-0.3, -0.25) is 4.79 Å². The molecule has 1 atom stereocenters. The van der Waals surface area contributed by atoms with E-state index >= 15 is 0 Å². The van der Waals surface area contributed by atoms with E-state index in [0.717, 1.165) is 17.1 Å². The first-order valence-corrected chi connectivity index (χ1v) is 7.42. The summed E-state index contributed by atoms with van der Waals surface area (Å²) in [5.74, 6) is 0.448. The van der Waals surface area contributed by atoms with Crippen LogP contribution in [0.4, 0.5) is 5.82 Å². The summed E-state index contributed by atoms with van der Waals surface area (Å²) in [6.07, 6.45) is 2.52. The third-order valence-corrected chi connectivity index (χ3v) is 3.97. The van der Waals surface area contributed by atoms with Crippen LogP contribution in [0.15, 0.2) is 23.7 Å². The van der Waals surface area contributed by atoms with Crippen molar-refractivity contribution in [3.63, 3.8) is 0 Å². The molecule has 2 heterocycles. The van der Waals surface area contributed by atoms with E-state index in [1.54, 1.807) is 29.7 Å². The number of pyridine rings is 1. The molecule has 0 aliphatic heterocycles. The Morgan fingerprint density at radius 3 is 2.95 bits per heavy atom. The smallest absolute Gasteiger partial charge is 0.251 e. The third-order valence-electron chi connectivity index (χ3n) is 2.96. The van der Waals surface area contributed by atoms with Crippen LogP contribution in [0.25, 0.3) is 0 Å². The van der Waals surface area contributed by atoms with Gasteiger partial charge < -0.3 is 11.1 Å². The SMILES string of the molecule is CCc1cc(C(=O)NCC(C)c2nccs2)cc(N)n1. The molecule has 2 aromatic rings. The predicted molar refractivity (Wildman–Crippen MR) is 80.9 cm³/mol. The minimum absolute atomic E-state index is 0.128. The fourth-order valence-electron chi connectivity index (χ4n) is 1.84. The van der Waals surface area contributed by atoms with Crippen LogP contribution in [0.3, 0.4) is 0 Å². The number of aryl methyl sites for hydroxylation is 1. The number of hydrogen-bond donors (Lipinski definition) is 2. The average Bonchev–Trinajstić information content (AvgIpc) is 2.97. The highest BCUT2D eigenvalue weighted by Crippen LogP contribution is 2.16. The first-order chi connectivity index (χ1) is 9.60. The van der Waals surface area contributed by atoms with Gasteiger partial charge in [-0.25, -0.2) is 9.97 Å². The lowest BCUT2D eigenvalue weighted by atomic mass is 10.1. The minimum Gasteiger partial charge on any atom is -0.384 e. The maximum Gasteiger partial charge on any atom is 0.251 e. The second-order valence-electron chi connectivity index (χ2n) is 4.61. The molecule has 6 heteroatoms. The number of amides is 1. The maximum absolute atomic E-state index is 12.1. The fraction of sp³-hybridized carbons (Fsp3) is 0.357. The summed E-state index contributed by atoms with van der Waals surface area (Å²) < 4.78 is 0. The first kappa shape index (κ1) is 14.5. The number of nitrogen functional groups attached to an aromatic ring is 1. The van der Waals surface area contributed by atoms with Gasteiger partial charge in [0.1, 0.15) is 5.82 Å². The zero-order valence-corrected chi connectivity index (χ0v) is 12.4. The Kier molecular flexibility index (Phi) is 4.68. The Balaban J connectivity index is 2.00. The van der Waals surface area contributed by atoms with Gasteiger partial charge in [-0.2, -0.15) is 0 Å². The Hall–Kier alpha value is -1.95. The highest BCUT2D eigenvalue weighted by atomic mass is 32.1. The van der Waals surface area contributed by atoms with Crippen LogP contribution in [0.2, 0.25) is 0 Å². The van der Waals surface area contributed by atoms with Crippen LogP contribution in [0.1, 0.15) is 40.8 Å². The largest absolute Gasteiger partial charge is 0.384 e. The molecule has 0 aliphatic rings. The number of hydrogen-bond acceptors (Lipinski definition) is 5. The van der Waals surface area contributed by atoms with E-state index in [1.807, 2.05) is 19.2 Å². The van der Waals surface area contributed by atoms with Crippen LogP contribution < -0.4 is 11.1 Å². The van der Waals surface area contributed by atoms with Crippen LogP contribution in [-0.2, 0) is 6.42 Å². The predicted octanol–water partition coefficient (Wildman–Crippen LogP) is 2.22. The lowest BCUT2D eigenvalue weighted by molar-refractivity contribution is 0.0951. The third kappa shape index (κ3) is 3.54. The molecule has 0 aromatic carbocycles. The van der Waals surface area contributed by atoms with E-state index in [-0.39, 0.29) is 11.8 Å². The van der Waals surface area contributed by atoms with Gasteiger partial charge in [-0.05, 0) is 18.6 Å². The summed E-state index contributed by atoms with van der Waals surface area (Å²) in [7, 11) is 0. The van der Waals surface area contributed by atoms with Crippen molar-refractivity contribution in [1.82, 2.24) is 15.3 Å². The molecular weight excluding hydrogens is 272 g/mol. The summed E-state index contributed by atoms with van der Waals surface area (Å²) >= 11 is 1.59. The van der Waals surface area contributed by atoms with Crippen LogP contribution in [-0.4, -0.2) is 22.4 Å². The molecule has 2 aromatic heterocycles. The standard InChI is InChI=1S/C14H18N4OS/c1-3-11-6-10(7-12(15)18-11)13(19)17-8-9(2)14-16-4-5-20-14/h4-7,9H,3,8H2,1-2H3,(H2,15,18)(H,17,19). The van der Waals surface area contributed by atoms with Crippen molar-refractivity contribution in [2.45, 2.75) is 26.2 Å². The summed E-state index contributed by atoms with van der Waals surface area (Å²) in [6.45, 7) is 4.57. The van der Waals surface area contributed by atoms with Crippen LogP contribution >= 0.6 is 11.3 Å². The van der Waals surface area contributed by atoms with Gasteiger partial charge in [0.2, 0.25) is 0 Å². The molecular formula is C14H18N4OS. The maximum atomic E-state index is 12.1. The lowest BCUT2D eigenvalue weighted by Crippen LogP contribution is -2.27. The fourth-order valence-corrected chi connectivity index (χ4v) is 2.53. The van der Waals surface area contributed by atoms with Gasteiger partial charge in [-0.15, -0.1) is 11.3 Å². The summed E-state index contributed by atoms with van der Waals surface area (Å²) in [4.78, 5) is 20.5. The number of nitrogens with two attached hydrogens (primary N) is 1. The number of nitrogens with one attached hydrogen (secondary N) is 1. The first-order valence-electron chi connectivity index (χ1n) is 6.54. The van der Waals surface area contributed by atoms with E-state index in [4.69, 9.17) is 5.73 Å². The van der Waals surface area contributed by atoms with Crippen molar-refractivity contribution in [1.29, 1.82) is 0 Å². The van der Waals surface area contributed by atoms with E-state index < -0.39 is 0 Å². The Bertz CT molecular complexity index is 583. The van der Waals surface area contributed by atoms with Crippen molar-refractivity contribution in [2.24, 2.45) is 0 Å². The average molecular weight is 290 g/mol. The summed E-state index contributed by atoms with van der Waals surface area (Å²) in [6, 6.07) is 3.38. The number of aromatic nitrogens is 2. The number of rotatable bonds is 5. The second-order valence-corrected chi connectivity index (χ2v) is 5.53. The normalized spacial score (nSPS) is 12.1. The second kappa shape index (κ2) is 6.47. The molecule has 1 amide bonds. The number of thiazole rings is 1. The van der Waals surface area contributed by atoms with Crippen molar-refractivity contribution in [3.05, 3.63) is 40.0 Å². The molecule has 0 saturated heterocycles. The molecule has 5 nitrogen and oxygen atoms in total. The lowest BCUT2D eigenvalue weighted by Gasteiger charge is -2.11. The van der Waals surface area contributed by atoms with Crippen molar-refractivity contribution in [3.8, 4) is 0 Å². The minimum atomic E-state index is -0.128. The Labute approximate surface area is 122 Å². The molecule has 0 radical (unpaired) electrons. The van der Waals surface area contributed by atoms with E-state index in [2.05, 4.69) is 15.3 Å². The Morgan fingerprint density at radius 2 is 2.30 bits per heavy atom. The quantitative estimate of drug-likeness (QED) is 0.884. The number of carbonyl (C=O) groups is 1. The zero-order chi connectivity index (χ0) is 14.5. The topological polar surface area (TPSA) is 80.9 Å². The molecule has 2 rings (SSSR count). The van der Waals surface area contributed by atoms with E-state index in [9.17, 15) is 4.79 Å². The summed E-state index contributed by atoms with van der Waals surface area (Å²) in [5.41, 5.74) is 7.08. The van der Waals surface area contributed by atoms with E-state index in [1.165, 1.54) is 0 Å².